The van der Waals surface area contributed by atoms with E-state index in [1.54, 1.807) is 11.4 Å². The molecule has 0 saturated heterocycles. The Labute approximate surface area is 161 Å². The third-order valence-electron chi connectivity index (χ3n) is 4.36. The van der Waals surface area contributed by atoms with E-state index in [9.17, 15) is 14.4 Å². The van der Waals surface area contributed by atoms with Gasteiger partial charge in [0.25, 0.3) is 5.56 Å². The summed E-state index contributed by atoms with van der Waals surface area (Å²) in [6, 6.07) is 9.31. The number of rotatable bonds is 6. The Bertz CT molecular complexity index is 1090. The zero-order valence-electron chi connectivity index (χ0n) is 15.7. The third kappa shape index (κ3) is 3.88. The van der Waals surface area contributed by atoms with Gasteiger partial charge in [-0.3, -0.25) is 18.7 Å². The van der Waals surface area contributed by atoms with E-state index in [4.69, 9.17) is 0 Å². The Morgan fingerprint density at radius 1 is 1.15 bits per heavy atom. The molecule has 0 fully saturated rings. The molecule has 3 rings (SSSR count). The van der Waals surface area contributed by atoms with Crippen molar-refractivity contribution in [2.75, 3.05) is 5.32 Å². The number of benzene rings is 1. The van der Waals surface area contributed by atoms with Crippen molar-refractivity contribution in [2.45, 2.75) is 40.3 Å². The Hall–Kier alpha value is -2.67. The van der Waals surface area contributed by atoms with Crippen LogP contribution in [0.25, 0.3) is 10.2 Å². The summed E-state index contributed by atoms with van der Waals surface area (Å²) in [7, 11) is 0. The van der Waals surface area contributed by atoms with Gasteiger partial charge >= 0.3 is 5.69 Å². The molecule has 0 spiro atoms. The number of carbonyl (C=O) groups excluding carboxylic acids is 1. The quantitative estimate of drug-likeness (QED) is 0.709. The van der Waals surface area contributed by atoms with Gasteiger partial charge in [-0.1, -0.05) is 39.0 Å². The minimum absolute atomic E-state index is 0.136. The first-order valence-electron chi connectivity index (χ1n) is 9.01. The number of anilines is 1. The van der Waals surface area contributed by atoms with Gasteiger partial charge in [0.15, 0.2) is 0 Å². The number of fused-ring (bicyclic) bond motifs is 1. The second kappa shape index (κ2) is 7.92. The Balaban J connectivity index is 1.99. The molecule has 6 nitrogen and oxygen atoms in total. The van der Waals surface area contributed by atoms with Crippen molar-refractivity contribution in [3.8, 4) is 0 Å². The highest BCUT2D eigenvalue weighted by Crippen LogP contribution is 2.17. The number of aryl methyl sites for hydroxylation is 1. The van der Waals surface area contributed by atoms with Crippen LogP contribution in [-0.4, -0.2) is 15.0 Å². The summed E-state index contributed by atoms with van der Waals surface area (Å²) in [6.45, 7) is 6.10. The van der Waals surface area contributed by atoms with Crippen LogP contribution < -0.4 is 16.6 Å². The number of thiophene rings is 1. The van der Waals surface area contributed by atoms with Crippen LogP contribution in [0.4, 0.5) is 5.69 Å². The average Bonchev–Trinajstić information content (AvgIpc) is 3.12. The molecule has 0 unspecified atom stereocenters. The molecule has 0 bridgehead atoms. The molecule has 27 heavy (non-hydrogen) atoms. The van der Waals surface area contributed by atoms with Gasteiger partial charge in [-0.25, -0.2) is 4.79 Å². The number of aromatic nitrogens is 2. The highest BCUT2D eigenvalue weighted by atomic mass is 32.1. The van der Waals surface area contributed by atoms with Crippen molar-refractivity contribution in [3.63, 3.8) is 0 Å². The Kier molecular flexibility index (Phi) is 5.60. The molecule has 3 aromatic rings. The number of para-hydroxylation sites is 1. The number of nitrogens with one attached hydrogen (secondary N) is 1. The van der Waals surface area contributed by atoms with E-state index in [0.29, 0.717) is 16.8 Å². The first kappa shape index (κ1) is 19.1. The molecule has 0 aliphatic heterocycles. The summed E-state index contributed by atoms with van der Waals surface area (Å²) in [4.78, 5) is 38.1. The lowest BCUT2D eigenvalue weighted by molar-refractivity contribution is -0.116. The number of amides is 1. The van der Waals surface area contributed by atoms with E-state index >= 15 is 0 Å². The zero-order chi connectivity index (χ0) is 19.6. The molecule has 0 atom stereocenters. The van der Waals surface area contributed by atoms with E-state index in [1.165, 1.54) is 20.5 Å². The molecular formula is C20H23N3O3S. The van der Waals surface area contributed by atoms with Gasteiger partial charge < -0.3 is 5.32 Å². The summed E-state index contributed by atoms with van der Waals surface area (Å²) in [5, 5.41) is 4.66. The summed E-state index contributed by atoms with van der Waals surface area (Å²) in [6.07, 6.45) is 0.796. The summed E-state index contributed by atoms with van der Waals surface area (Å²) >= 11 is 1.29. The molecular weight excluding hydrogens is 362 g/mol. The maximum Gasteiger partial charge on any atom is 0.332 e. The van der Waals surface area contributed by atoms with Gasteiger partial charge in [-0.2, -0.15) is 0 Å². The normalized spacial score (nSPS) is 11.3. The average molecular weight is 385 g/mol. The number of carbonyl (C=O) groups is 1. The van der Waals surface area contributed by atoms with Gasteiger partial charge in [-0.05, 0) is 35.4 Å². The maximum atomic E-state index is 12.9. The van der Waals surface area contributed by atoms with Crippen molar-refractivity contribution in [1.82, 2.24) is 9.13 Å². The van der Waals surface area contributed by atoms with Crippen LogP contribution in [0.5, 0.6) is 0 Å². The molecule has 0 aliphatic carbocycles. The van der Waals surface area contributed by atoms with E-state index in [1.807, 2.05) is 45.0 Å². The summed E-state index contributed by atoms with van der Waals surface area (Å²) in [5.74, 6) is -0.147. The fourth-order valence-electron chi connectivity index (χ4n) is 3.10. The van der Waals surface area contributed by atoms with Crippen molar-refractivity contribution >= 4 is 33.1 Å². The van der Waals surface area contributed by atoms with Crippen molar-refractivity contribution < 1.29 is 4.79 Å². The number of hydrogen-bond acceptors (Lipinski definition) is 4. The number of hydrogen-bond donors (Lipinski definition) is 1. The monoisotopic (exact) mass is 385 g/mol. The lowest BCUT2D eigenvalue weighted by Gasteiger charge is -2.14. The smallest absolute Gasteiger partial charge is 0.324 e. The maximum absolute atomic E-state index is 12.9. The molecule has 1 N–H and O–H groups in total. The van der Waals surface area contributed by atoms with Gasteiger partial charge in [0.1, 0.15) is 11.2 Å². The van der Waals surface area contributed by atoms with E-state index in [0.717, 1.165) is 17.7 Å². The number of nitrogens with zero attached hydrogens (tertiary/aromatic N) is 2. The predicted molar refractivity (Wildman–Crippen MR) is 110 cm³/mol. The largest absolute Gasteiger partial charge is 0.332 e. The van der Waals surface area contributed by atoms with Gasteiger partial charge in [0, 0.05) is 12.2 Å². The highest BCUT2D eigenvalue weighted by Gasteiger charge is 2.17. The molecule has 0 saturated carbocycles. The zero-order valence-corrected chi connectivity index (χ0v) is 16.5. The van der Waals surface area contributed by atoms with Crippen LogP contribution >= 0.6 is 11.3 Å². The molecule has 1 amide bonds. The highest BCUT2D eigenvalue weighted by molar-refractivity contribution is 7.17. The van der Waals surface area contributed by atoms with Crippen LogP contribution in [-0.2, 0) is 24.3 Å². The van der Waals surface area contributed by atoms with E-state index < -0.39 is 5.69 Å². The minimum atomic E-state index is -0.446. The van der Waals surface area contributed by atoms with Crippen LogP contribution in [0, 0.1) is 5.92 Å². The molecule has 1 aromatic carbocycles. The van der Waals surface area contributed by atoms with Crippen LogP contribution in [0.3, 0.4) is 0 Å². The van der Waals surface area contributed by atoms with Gasteiger partial charge in [-0.15, -0.1) is 11.3 Å². The molecule has 0 aliphatic rings. The van der Waals surface area contributed by atoms with Crippen LogP contribution in [0.2, 0.25) is 0 Å². The lowest BCUT2D eigenvalue weighted by Crippen LogP contribution is -2.42. The van der Waals surface area contributed by atoms with E-state index in [-0.39, 0.29) is 23.9 Å². The molecule has 142 valence electrons. The molecule has 2 aromatic heterocycles. The molecule has 7 heteroatoms. The standard InChI is InChI=1S/C20H23N3O3S/c1-4-14-7-5-6-8-15(14)21-17(24)12-22-16-9-10-27-18(16)19(25)23(20(22)26)11-13(2)3/h5-10,13H,4,11-12H2,1-3H3,(H,21,24). The second-order valence-electron chi connectivity index (χ2n) is 6.87. The topological polar surface area (TPSA) is 73.1 Å². The fourth-order valence-corrected chi connectivity index (χ4v) is 3.94. The van der Waals surface area contributed by atoms with Crippen molar-refractivity contribution in [3.05, 3.63) is 62.1 Å². The van der Waals surface area contributed by atoms with Gasteiger partial charge in [0.2, 0.25) is 5.91 Å². The fraction of sp³-hybridized carbons (Fsp3) is 0.350. The van der Waals surface area contributed by atoms with E-state index in [2.05, 4.69) is 5.32 Å². The Morgan fingerprint density at radius 2 is 1.89 bits per heavy atom. The minimum Gasteiger partial charge on any atom is -0.324 e. The predicted octanol–water partition coefficient (Wildman–Crippen LogP) is 3.08. The third-order valence-corrected chi connectivity index (χ3v) is 5.25. The van der Waals surface area contributed by atoms with Crippen LogP contribution in [0.1, 0.15) is 26.3 Å². The molecule has 0 radical (unpaired) electrons. The lowest BCUT2D eigenvalue weighted by atomic mass is 10.1. The first-order valence-corrected chi connectivity index (χ1v) is 9.89. The van der Waals surface area contributed by atoms with Crippen molar-refractivity contribution in [1.29, 1.82) is 0 Å². The Morgan fingerprint density at radius 3 is 2.59 bits per heavy atom. The second-order valence-corrected chi connectivity index (χ2v) is 7.79. The van der Waals surface area contributed by atoms with Crippen molar-refractivity contribution in [2.24, 2.45) is 5.92 Å². The van der Waals surface area contributed by atoms with Gasteiger partial charge in [0.05, 0.1) is 5.52 Å². The summed E-state index contributed by atoms with van der Waals surface area (Å²) in [5.41, 5.74) is 1.55. The SMILES string of the molecule is CCc1ccccc1NC(=O)Cn1c(=O)n(CC(C)C)c(=O)c2sccc21. The first-order chi connectivity index (χ1) is 12.9. The summed E-state index contributed by atoms with van der Waals surface area (Å²) < 4.78 is 3.12. The molecule has 2 heterocycles. The van der Waals surface area contributed by atoms with Crippen LogP contribution in [0.15, 0.2) is 45.3 Å².